The number of rotatable bonds is 5. The molecule has 0 spiro atoms. The summed E-state index contributed by atoms with van der Waals surface area (Å²) in [6.07, 6.45) is 0.959. The fourth-order valence-corrected chi connectivity index (χ4v) is 3.01. The van der Waals surface area contributed by atoms with E-state index in [9.17, 15) is 9.59 Å². The van der Waals surface area contributed by atoms with Crippen molar-refractivity contribution in [1.29, 1.82) is 0 Å². The van der Waals surface area contributed by atoms with Gasteiger partial charge in [-0.05, 0) is 25.1 Å². The summed E-state index contributed by atoms with van der Waals surface area (Å²) in [5.74, 6) is 0.983. The maximum atomic E-state index is 12.5. The number of aromatic amines is 1. The van der Waals surface area contributed by atoms with Crippen LogP contribution in [0.5, 0.6) is 5.75 Å². The molecule has 0 aliphatic carbocycles. The van der Waals surface area contributed by atoms with Crippen molar-refractivity contribution in [2.75, 3.05) is 24.9 Å². The topological polar surface area (TPSA) is 105 Å². The van der Waals surface area contributed by atoms with Gasteiger partial charge in [-0.1, -0.05) is 11.6 Å². The van der Waals surface area contributed by atoms with Crippen molar-refractivity contribution >= 4 is 40.1 Å². The minimum absolute atomic E-state index is 0.235. The van der Waals surface area contributed by atoms with Crippen LogP contribution in [0.3, 0.4) is 0 Å². The zero-order chi connectivity index (χ0) is 20.3. The Hall–Kier alpha value is -3.26. The van der Waals surface area contributed by atoms with Crippen molar-refractivity contribution in [3.8, 4) is 5.75 Å². The first-order chi connectivity index (χ1) is 13.4. The first kappa shape index (κ1) is 19.5. The maximum Gasteiger partial charge on any atom is 0.411 e. The molecular formula is C19H19ClN4O4. The van der Waals surface area contributed by atoms with Crippen molar-refractivity contribution in [3.63, 3.8) is 0 Å². The van der Waals surface area contributed by atoms with Crippen LogP contribution in [0, 0.1) is 0 Å². The number of carbonyl (C=O) groups excluding carboxylic acids is 1. The number of anilines is 2. The molecule has 28 heavy (non-hydrogen) atoms. The molecule has 146 valence electrons. The van der Waals surface area contributed by atoms with Crippen molar-refractivity contribution in [2.45, 2.75) is 13.0 Å². The molecule has 0 saturated carbocycles. The van der Waals surface area contributed by atoms with Crippen molar-refractivity contribution < 1.29 is 14.3 Å². The van der Waals surface area contributed by atoms with Gasteiger partial charge < -0.3 is 19.8 Å². The van der Waals surface area contributed by atoms with E-state index in [0.29, 0.717) is 33.4 Å². The molecule has 1 amide bonds. The molecule has 0 unspecified atom stereocenters. The van der Waals surface area contributed by atoms with Crippen LogP contribution in [0.1, 0.15) is 18.5 Å². The number of halogens is 1. The van der Waals surface area contributed by atoms with Crippen molar-refractivity contribution in [3.05, 3.63) is 57.5 Å². The van der Waals surface area contributed by atoms with E-state index in [-0.39, 0.29) is 11.6 Å². The Kier molecular flexibility index (Phi) is 5.70. The molecule has 3 aromatic rings. The lowest BCUT2D eigenvalue weighted by molar-refractivity contribution is 0.187. The lowest BCUT2D eigenvalue weighted by Gasteiger charge is -2.16. The minimum Gasteiger partial charge on any atom is -0.495 e. The third-order valence-corrected chi connectivity index (χ3v) is 4.46. The first-order valence-electron chi connectivity index (χ1n) is 8.39. The number of amides is 1. The Morgan fingerprint density at radius 1 is 1.25 bits per heavy atom. The Morgan fingerprint density at radius 2 is 2.04 bits per heavy atom. The third kappa shape index (κ3) is 4.17. The van der Waals surface area contributed by atoms with Crippen LogP contribution in [0.15, 0.2) is 41.3 Å². The Morgan fingerprint density at radius 3 is 2.75 bits per heavy atom. The summed E-state index contributed by atoms with van der Waals surface area (Å²) in [5, 5.41) is 6.95. The Bertz CT molecular complexity index is 1080. The lowest BCUT2D eigenvalue weighted by Crippen LogP contribution is -2.20. The second kappa shape index (κ2) is 8.18. The SMILES string of the molecule is COC(=O)Nc1ccnc(N[C@@H](C)c2cc3cc(Cl)c(OC)cc3[nH]c2=O)c1. The molecule has 2 aromatic heterocycles. The number of benzene rings is 1. The molecular weight excluding hydrogens is 384 g/mol. The number of methoxy groups -OCH3 is 2. The average Bonchev–Trinajstić information content (AvgIpc) is 2.67. The zero-order valence-electron chi connectivity index (χ0n) is 15.5. The van der Waals surface area contributed by atoms with Crippen LogP contribution >= 0.6 is 11.6 Å². The predicted octanol–water partition coefficient (Wildman–Crippen LogP) is 3.94. The average molecular weight is 403 g/mol. The van der Waals surface area contributed by atoms with Gasteiger partial charge in [-0.25, -0.2) is 9.78 Å². The number of nitrogens with zero attached hydrogens (tertiary/aromatic N) is 1. The number of pyridine rings is 2. The van der Waals surface area contributed by atoms with Crippen LogP contribution in [0.4, 0.5) is 16.3 Å². The number of ether oxygens (including phenoxy) is 2. The highest BCUT2D eigenvalue weighted by atomic mass is 35.5. The highest BCUT2D eigenvalue weighted by molar-refractivity contribution is 6.32. The van der Waals surface area contributed by atoms with Crippen LogP contribution < -0.4 is 20.9 Å². The van der Waals surface area contributed by atoms with Crippen LogP contribution in [0.25, 0.3) is 10.9 Å². The van der Waals surface area contributed by atoms with E-state index in [0.717, 1.165) is 5.39 Å². The monoisotopic (exact) mass is 402 g/mol. The maximum absolute atomic E-state index is 12.5. The van der Waals surface area contributed by atoms with Gasteiger partial charge in [-0.3, -0.25) is 10.1 Å². The Labute approximate surface area is 165 Å². The van der Waals surface area contributed by atoms with Gasteiger partial charge in [0.15, 0.2) is 0 Å². The summed E-state index contributed by atoms with van der Waals surface area (Å²) < 4.78 is 9.75. The fraction of sp³-hybridized carbons (Fsp3) is 0.211. The number of hydrogen-bond acceptors (Lipinski definition) is 6. The first-order valence-corrected chi connectivity index (χ1v) is 8.77. The summed E-state index contributed by atoms with van der Waals surface area (Å²) in [7, 11) is 2.80. The molecule has 9 heteroatoms. The molecule has 0 saturated heterocycles. The molecule has 0 aliphatic rings. The van der Waals surface area contributed by atoms with Crippen molar-refractivity contribution in [1.82, 2.24) is 9.97 Å². The smallest absolute Gasteiger partial charge is 0.411 e. The van der Waals surface area contributed by atoms with Gasteiger partial charge in [-0.15, -0.1) is 0 Å². The van der Waals surface area contributed by atoms with Crippen LogP contribution in [0.2, 0.25) is 5.02 Å². The molecule has 1 aromatic carbocycles. The number of fused-ring (bicyclic) bond motifs is 1. The normalized spacial score (nSPS) is 11.7. The third-order valence-electron chi connectivity index (χ3n) is 4.17. The number of H-pyrrole nitrogens is 1. The lowest BCUT2D eigenvalue weighted by atomic mass is 10.1. The second-order valence-corrected chi connectivity index (χ2v) is 6.45. The molecule has 3 N–H and O–H groups in total. The highest BCUT2D eigenvalue weighted by Crippen LogP contribution is 2.29. The number of nitrogens with one attached hydrogen (secondary N) is 3. The molecule has 1 atom stereocenters. The molecule has 2 heterocycles. The van der Waals surface area contributed by atoms with E-state index in [1.54, 1.807) is 30.3 Å². The molecule has 3 rings (SSSR count). The fourth-order valence-electron chi connectivity index (χ4n) is 2.76. The molecule has 0 bridgehead atoms. The van der Waals surface area contributed by atoms with E-state index in [2.05, 4.69) is 25.3 Å². The largest absolute Gasteiger partial charge is 0.495 e. The van der Waals surface area contributed by atoms with Crippen LogP contribution in [-0.4, -0.2) is 30.3 Å². The zero-order valence-corrected chi connectivity index (χ0v) is 16.3. The van der Waals surface area contributed by atoms with Gasteiger partial charge in [0.1, 0.15) is 11.6 Å². The van der Waals surface area contributed by atoms with E-state index in [1.807, 2.05) is 6.92 Å². The molecule has 0 radical (unpaired) electrons. The van der Waals surface area contributed by atoms with E-state index >= 15 is 0 Å². The summed E-state index contributed by atoms with van der Waals surface area (Å²) in [4.78, 5) is 30.9. The summed E-state index contributed by atoms with van der Waals surface area (Å²) in [5.41, 5.74) is 1.43. The summed E-state index contributed by atoms with van der Waals surface area (Å²) >= 11 is 6.19. The molecule has 0 fully saturated rings. The van der Waals surface area contributed by atoms with E-state index in [1.165, 1.54) is 20.4 Å². The van der Waals surface area contributed by atoms with Crippen LogP contribution in [-0.2, 0) is 4.74 Å². The van der Waals surface area contributed by atoms with E-state index in [4.69, 9.17) is 16.3 Å². The van der Waals surface area contributed by atoms with Crippen molar-refractivity contribution in [2.24, 2.45) is 0 Å². The molecule has 0 aliphatic heterocycles. The van der Waals surface area contributed by atoms with Gasteiger partial charge in [-0.2, -0.15) is 0 Å². The van der Waals surface area contributed by atoms with Gasteiger partial charge in [0.25, 0.3) is 5.56 Å². The van der Waals surface area contributed by atoms with Gasteiger partial charge in [0.2, 0.25) is 0 Å². The second-order valence-electron chi connectivity index (χ2n) is 6.04. The summed E-state index contributed by atoms with van der Waals surface area (Å²) in [6.45, 7) is 1.84. The number of aromatic nitrogens is 2. The number of carbonyl (C=O) groups is 1. The van der Waals surface area contributed by atoms with Gasteiger partial charge >= 0.3 is 6.09 Å². The predicted molar refractivity (Wildman–Crippen MR) is 108 cm³/mol. The summed E-state index contributed by atoms with van der Waals surface area (Å²) in [6, 6.07) is 8.11. The van der Waals surface area contributed by atoms with Gasteiger partial charge in [0.05, 0.1) is 30.8 Å². The quantitative estimate of drug-likeness (QED) is 0.597. The molecule has 8 nitrogen and oxygen atoms in total. The standard InChI is InChI=1S/C19H19ClN4O4/c1-10(22-17-8-12(4-5-21-17)23-19(26)28-3)13-6-11-7-14(20)16(27-2)9-15(11)24-18(13)25/h4-10H,1-3H3,(H,24,25)(H2,21,22,23,26)/t10-/m0/s1. The minimum atomic E-state index is -0.580. The van der Waals surface area contributed by atoms with E-state index < -0.39 is 6.09 Å². The Balaban J connectivity index is 1.88. The van der Waals surface area contributed by atoms with Gasteiger partial charge in [0, 0.05) is 35.0 Å². The highest BCUT2D eigenvalue weighted by Gasteiger charge is 2.14. The number of hydrogen-bond donors (Lipinski definition) is 3.